The first-order chi connectivity index (χ1) is 18.7. The van der Waals surface area contributed by atoms with E-state index < -0.39 is 16.9 Å². The minimum Gasteiger partial charge on any atom is -0.416 e. The molecule has 3 heterocycles. The largest absolute Gasteiger partial charge is 0.416 e. The number of nitrogens with one attached hydrogen (secondary N) is 3. The Kier molecular flexibility index (Phi) is 6.77. The van der Waals surface area contributed by atoms with Crippen molar-refractivity contribution in [3.63, 3.8) is 0 Å². The number of aromatic nitrogens is 2. The zero-order valence-corrected chi connectivity index (χ0v) is 21.3. The third kappa shape index (κ3) is 5.18. The first-order valence-electron chi connectivity index (χ1n) is 11.6. The van der Waals surface area contributed by atoms with Gasteiger partial charge in [-0.1, -0.05) is 35.9 Å². The quantitative estimate of drug-likeness (QED) is 0.171. The van der Waals surface area contributed by atoms with Gasteiger partial charge in [0.1, 0.15) is 17.4 Å². The molecule has 0 radical (unpaired) electrons. The number of hydrogen-bond acceptors (Lipinski definition) is 10. The van der Waals surface area contributed by atoms with Gasteiger partial charge >= 0.3 is 11.7 Å². The van der Waals surface area contributed by atoms with Crippen molar-refractivity contribution in [1.82, 2.24) is 15.3 Å². The SMILES string of the molecule is CC(=O)c1ccnc(NC(=O)C2=C(C)NC(Nc3nc4cccc([N+](=O)[O-])c4o3)=NC2c2ccccc2Cl)c1. The molecule has 3 N–H and O–H groups in total. The fourth-order valence-electron chi connectivity index (χ4n) is 4.09. The third-order valence-corrected chi connectivity index (χ3v) is 6.25. The van der Waals surface area contributed by atoms with E-state index in [1.807, 2.05) is 0 Å². The topological polar surface area (TPSA) is 165 Å². The molecule has 39 heavy (non-hydrogen) atoms. The number of nitrogens with zero attached hydrogens (tertiary/aromatic N) is 4. The zero-order valence-electron chi connectivity index (χ0n) is 20.6. The van der Waals surface area contributed by atoms with Crippen molar-refractivity contribution in [2.75, 3.05) is 10.6 Å². The number of Topliss-reactive ketones (excluding diaryl/α,β-unsaturated/α-hetero) is 1. The Hall–Kier alpha value is -5.10. The van der Waals surface area contributed by atoms with Crippen molar-refractivity contribution in [3.05, 3.63) is 98.3 Å². The smallest absolute Gasteiger partial charge is 0.313 e. The van der Waals surface area contributed by atoms with Gasteiger partial charge in [-0.2, -0.15) is 4.98 Å². The van der Waals surface area contributed by atoms with Gasteiger partial charge in [-0.3, -0.25) is 25.0 Å². The van der Waals surface area contributed by atoms with Crippen LogP contribution in [0.1, 0.15) is 35.8 Å². The van der Waals surface area contributed by atoms with E-state index in [2.05, 4.69) is 30.9 Å². The number of fused-ring (bicyclic) bond motifs is 1. The molecule has 196 valence electrons. The minimum absolute atomic E-state index is 0.0108. The molecule has 1 aliphatic heterocycles. The average Bonchev–Trinajstić information content (AvgIpc) is 3.31. The van der Waals surface area contributed by atoms with Crippen LogP contribution in [0.2, 0.25) is 5.02 Å². The average molecular weight is 546 g/mol. The summed E-state index contributed by atoms with van der Waals surface area (Å²) in [6, 6.07) is 13.5. The number of rotatable bonds is 6. The minimum atomic E-state index is -0.850. The second kappa shape index (κ2) is 10.3. The van der Waals surface area contributed by atoms with Crippen LogP contribution in [-0.2, 0) is 4.79 Å². The van der Waals surface area contributed by atoms with Gasteiger partial charge in [0, 0.05) is 34.1 Å². The fourth-order valence-corrected chi connectivity index (χ4v) is 4.33. The lowest BCUT2D eigenvalue weighted by Crippen LogP contribution is -2.37. The van der Waals surface area contributed by atoms with Gasteiger partial charge in [0.15, 0.2) is 5.78 Å². The summed E-state index contributed by atoms with van der Waals surface area (Å²) >= 11 is 6.49. The number of halogens is 1. The Bertz CT molecular complexity index is 1710. The number of non-ortho nitro benzene ring substituents is 1. The highest BCUT2D eigenvalue weighted by atomic mass is 35.5. The second-order valence-electron chi connectivity index (χ2n) is 8.53. The Morgan fingerprint density at radius 1 is 1.15 bits per heavy atom. The van der Waals surface area contributed by atoms with Crippen molar-refractivity contribution >= 4 is 57.9 Å². The molecule has 1 atom stereocenters. The van der Waals surface area contributed by atoms with Crippen LogP contribution in [0.25, 0.3) is 11.1 Å². The maximum atomic E-state index is 13.5. The van der Waals surface area contributed by atoms with E-state index in [4.69, 9.17) is 16.0 Å². The van der Waals surface area contributed by atoms with Crippen LogP contribution >= 0.6 is 11.6 Å². The van der Waals surface area contributed by atoms with Gasteiger partial charge in [0.05, 0.1) is 10.5 Å². The van der Waals surface area contributed by atoms with Crippen molar-refractivity contribution < 1.29 is 18.9 Å². The summed E-state index contributed by atoms with van der Waals surface area (Å²) in [6.07, 6.45) is 1.43. The van der Waals surface area contributed by atoms with Crippen LogP contribution in [-0.4, -0.2) is 32.5 Å². The molecule has 2 aromatic heterocycles. The van der Waals surface area contributed by atoms with E-state index in [0.717, 1.165) is 0 Å². The molecule has 2 aromatic carbocycles. The number of para-hydroxylation sites is 1. The van der Waals surface area contributed by atoms with Crippen LogP contribution in [0.15, 0.2) is 81.5 Å². The second-order valence-corrected chi connectivity index (χ2v) is 8.94. The highest BCUT2D eigenvalue weighted by Crippen LogP contribution is 2.36. The number of ketones is 1. The highest BCUT2D eigenvalue weighted by molar-refractivity contribution is 6.31. The maximum absolute atomic E-state index is 13.5. The summed E-state index contributed by atoms with van der Waals surface area (Å²) < 4.78 is 5.61. The van der Waals surface area contributed by atoms with Crippen LogP contribution in [0.3, 0.4) is 0 Å². The number of nitro groups is 1. The molecule has 1 aliphatic rings. The molecule has 0 spiro atoms. The van der Waals surface area contributed by atoms with Crippen LogP contribution in [0.5, 0.6) is 0 Å². The highest BCUT2D eigenvalue weighted by Gasteiger charge is 2.31. The molecule has 4 aromatic rings. The van der Waals surface area contributed by atoms with E-state index >= 15 is 0 Å². The predicted molar refractivity (Wildman–Crippen MR) is 145 cm³/mol. The normalized spacial score (nSPS) is 14.9. The number of anilines is 2. The van der Waals surface area contributed by atoms with Gasteiger partial charge < -0.3 is 15.1 Å². The third-order valence-electron chi connectivity index (χ3n) is 5.91. The van der Waals surface area contributed by atoms with Crippen molar-refractivity contribution in [1.29, 1.82) is 0 Å². The summed E-state index contributed by atoms with van der Waals surface area (Å²) in [5.74, 6) is -0.286. The number of amides is 1. The summed E-state index contributed by atoms with van der Waals surface area (Å²) in [5, 5.41) is 20.4. The number of oxazole rings is 1. The molecule has 1 amide bonds. The van der Waals surface area contributed by atoms with E-state index in [9.17, 15) is 19.7 Å². The molecule has 0 saturated heterocycles. The van der Waals surface area contributed by atoms with Crippen molar-refractivity contribution in [2.45, 2.75) is 19.9 Å². The number of aliphatic imine (C=N–C) groups is 1. The lowest BCUT2D eigenvalue weighted by Gasteiger charge is -2.26. The molecular formula is C26H20ClN7O5. The number of benzene rings is 2. The van der Waals surface area contributed by atoms with Gasteiger partial charge in [0.25, 0.3) is 5.91 Å². The molecule has 13 heteroatoms. The van der Waals surface area contributed by atoms with Gasteiger partial charge in [0.2, 0.25) is 11.5 Å². The number of guanidine groups is 1. The lowest BCUT2D eigenvalue weighted by atomic mass is 9.95. The number of hydrogen-bond donors (Lipinski definition) is 3. The summed E-state index contributed by atoms with van der Waals surface area (Å²) in [7, 11) is 0. The Morgan fingerprint density at radius 3 is 2.69 bits per heavy atom. The Balaban J connectivity index is 1.49. The monoisotopic (exact) mass is 545 g/mol. The lowest BCUT2D eigenvalue weighted by molar-refractivity contribution is -0.383. The van der Waals surface area contributed by atoms with E-state index in [0.29, 0.717) is 27.4 Å². The Labute approximate surface area is 226 Å². The molecule has 5 rings (SSSR count). The van der Waals surface area contributed by atoms with Gasteiger partial charge in [-0.15, -0.1) is 0 Å². The van der Waals surface area contributed by atoms with E-state index in [1.165, 1.54) is 31.3 Å². The molecular weight excluding hydrogens is 526 g/mol. The summed E-state index contributed by atoms with van der Waals surface area (Å²) in [5.41, 5.74) is 1.74. The van der Waals surface area contributed by atoms with Crippen molar-refractivity contribution in [2.24, 2.45) is 4.99 Å². The first-order valence-corrected chi connectivity index (χ1v) is 12.0. The van der Waals surface area contributed by atoms with Crippen LogP contribution in [0, 0.1) is 10.1 Å². The first kappa shape index (κ1) is 25.5. The summed E-state index contributed by atoms with van der Waals surface area (Å²) in [4.78, 5) is 49.1. The fraction of sp³-hybridized carbons (Fsp3) is 0.115. The van der Waals surface area contributed by atoms with Gasteiger partial charge in [-0.25, -0.2) is 9.98 Å². The zero-order chi connectivity index (χ0) is 27.7. The molecule has 0 aliphatic carbocycles. The van der Waals surface area contributed by atoms with Crippen LogP contribution in [0.4, 0.5) is 17.5 Å². The number of allylic oxidation sites excluding steroid dienone is 1. The van der Waals surface area contributed by atoms with Crippen molar-refractivity contribution in [3.8, 4) is 0 Å². The van der Waals surface area contributed by atoms with Gasteiger partial charge in [-0.05, 0) is 38.1 Å². The number of carbonyl (C=O) groups excluding carboxylic acids is 2. The molecule has 0 saturated carbocycles. The molecule has 1 unspecified atom stereocenters. The summed E-state index contributed by atoms with van der Waals surface area (Å²) in [6.45, 7) is 3.11. The van der Waals surface area contributed by atoms with E-state index in [-0.39, 0.29) is 40.4 Å². The molecule has 12 nitrogen and oxygen atoms in total. The van der Waals surface area contributed by atoms with E-state index in [1.54, 1.807) is 43.3 Å². The molecule has 0 bridgehead atoms. The maximum Gasteiger partial charge on any atom is 0.313 e. The predicted octanol–water partition coefficient (Wildman–Crippen LogP) is 5.01. The van der Waals surface area contributed by atoms with Crippen LogP contribution < -0.4 is 16.0 Å². The number of carbonyl (C=O) groups is 2. The number of nitro benzene ring substituents is 1. The Morgan fingerprint density at radius 2 is 1.95 bits per heavy atom. The molecule has 0 fully saturated rings. The number of pyridine rings is 1. The standard InChI is InChI=1S/C26H20ClN7O5/c1-13-21(24(36)31-20-12-15(14(2)35)10-11-28-20)22(16-6-3-4-7-17(16)27)32-25(29-13)33-26-30-18-8-5-9-19(34(37)38)23(18)39-26/h3-12,22H,1-2H3,(H,28,31,36)(H2,29,30,32,33).